The SMILES string of the molecule is CCc1nnc(SCC(=O)N2CCN(S(=O)(=O)c3ccc4c(c3)OCCO4)CC2)n1C. The van der Waals surface area contributed by atoms with Crippen LogP contribution in [0.5, 0.6) is 11.5 Å². The van der Waals surface area contributed by atoms with Gasteiger partial charge in [0, 0.05) is 45.7 Å². The minimum Gasteiger partial charge on any atom is -0.486 e. The molecule has 0 spiro atoms. The van der Waals surface area contributed by atoms with Crippen molar-refractivity contribution in [2.24, 2.45) is 7.05 Å². The van der Waals surface area contributed by atoms with Crippen molar-refractivity contribution in [1.29, 1.82) is 0 Å². The number of sulfonamides is 1. The second-order valence-electron chi connectivity index (χ2n) is 7.19. The van der Waals surface area contributed by atoms with Crippen LogP contribution in [-0.2, 0) is 28.3 Å². The Balaban J connectivity index is 1.34. The number of ether oxygens (including phenoxy) is 2. The van der Waals surface area contributed by atoms with Gasteiger partial charge < -0.3 is 18.9 Å². The van der Waals surface area contributed by atoms with Gasteiger partial charge in [0.05, 0.1) is 10.6 Å². The smallest absolute Gasteiger partial charge is 0.243 e. The van der Waals surface area contributed by atoms with E-state index in [-0.39, 0.29) is 29.6 Å². The van der Waals surface area contributed by atoms with E-state index < -0.39 is 10.0 Å². The second-order valence-corrected chi connectivity index (χ2v) is 10.1. The van der Waals surface area contributed by atoms with Crippen molar-refractivity contribution in [1.82, 2.24) is 24.0 Å². The Kier molecular flexibility index (Phi) is 6.39. The Hall–Kier alpha value is -2.31. The van der Waals surface area contributed by atoms with Crippen molar-refractivity contribution in [3.8, 4) is 11.5 Å². The summed E-state index contributed by atoms with van der Waals surface area (Å²) in [5.74, 6) is 2.06. The molecule has 4 rings (SSSR count). The minimum atomic E-state index is -3.67. The van der Waals surface area contributed by atoms with Gasteiger partial charge in [-0.05, 0) is 12.1 Å². The Labute approximate surface area is 185 Å². The van der Waals surface area contributed by atoms with E-state index in [1.165, 1.54) is 28.2 Å². The maximum atomic E-state index is 13.0. The molecular weight excluding hydrogens is 442 g/mol. The van der Waals surface area contributed by atoms with Crippen molar-refractivity contribution < 1.29 is 22.7 Å². The third kappa shape index (κ3) is 4.51. The largest absolute Gasteiger partial charge is 0.486 e. The minimum absolute atomic E-state index is 0.0394. The van der Waals surface area contributed by atoms with Gasteiger partial charge in [-0.25, -0.2) is 8.42 Å². The number of thioether (sulfide) groups is 1. The van der Waals surface area contributed by atoms with Gasteiger partial charge in [0.15, 0.2) is 16.7 Å². The number of hydrogen-bond donors (Lipinski definition) is 0. The molecule has 0 saturated carbocycles. The van der Waals surface area contributed by atoms with Crippen LogP contribution in [0, 0.1) is 0 Å². The maximum Gasteiger partial charge on any atom is 0.243 e. The first-order valence-electron chi connectivity index (χ1n) is 10.1. The number of hydrogen-bond acceptors (Lipinski definition) is 8. The Morgan fingerprint density at radius 2 is 1.81 bits per heavy atom. The number of rotatable bonds is 6. The molecule has 1 aromatic carbocycles. The normalized spacial score (nSPS) is 17.0. The van der Waals surface area contributed by atoms with E-state index >= 15 is 0 Å². The average Bonchev–Trinajstić information content (AvgIpc) is 3.16. The quantitative estimate of drug-likeness (QED) is 0.574. The number of benzene rings is 1. The van der Waals surface area contributed by atoms with Gasteiger partial charge in [0.25, 0.3) is 0 Å². The highest BCUT2D eigenvalue weighted by molar-refractivity contribution is 7.99. The van der Waals surface area contributed by atoms with Crippen molar-refractivity contribution in [2.45, 2.75) is 23.4 Å². The van der Waals surface area contributed by atoms with Crippen LogP contribution in [0.25, 0.3) is 0 Å². The molecule has 2 aromatic rings. The van der Waals surface area contributed by atoms with Crippen LogP contribution in [0.1, 0.15) is 12.7 Å². The molecule has 1 aromatic heterocycles. The average molecular weight is 468 g/mol. The molecule has 12 heteroatoms. The van der Waals surface area contributed by atoms with E-state index in [0.717, 1.165) is 12.2 Å². The van der Waals surface area contributed by atoms with Gasteiger partial charge in [-0.3, -0.25) is 4.79 Å². The monoisotopic (exact) mass is 467 g/mol. The molecule has 0 atom stereocenters. The Bertz CT molecular complexity index is 1060. The second kappa shape index (κ2) is 9.05. The predicted octanol–water partition coefficient (Wildman–Crippen LogP) is 0.774. The lowest BCUT2D eigenvalue weighted by Crippen LogP contribution is -2.51. The zero-order chi connectivity index (χ0) is 22.0. The molecule has 0 aliphatic carbocycles. The van der Waals surface area contributed by atoms with E-state index in [1.807, 2.05) is 18.5 Å². The van der Waals surface area contributed by atoms with Crippen LogP contribution in [-0.4, -0.2) is 83.4 Å². The molecule has 0 unspecified atom stereocenters. The molecule has 0 bridgehead atoms. The summed E-state index contributed by atoms with van der Waals surface area (Å²) >= 11 is 1.34. The highest BCUT2D eigenvalue weighted by Gasteiger charge is 2.31. The maximum absolute atomic E-state index is 13.0. The number of aromatic nitrogens is 3. The summed E-state index contributed by atoms with van der Waals surface area (Å²) in [6.45, 7) is 4.04. The number of fused-ring (bicyclic) bond motifs is 1. The molecular formula is C19H25N5O5S2. The molecule has 1 fully saturated rings. The van der Waals surface area contributed by atoms with Crippen LogP contribution in [0.3, 0.4) is 0 Å². The summed E-state index contributed by atoms with van der Waals surface area (Å²) in [7, 11) is -1.79. The van der Waals surface area contributed by atoms with Crippen molar-refractivity contribution in [3.63, 3.8) is 0 Å². The standard InChI is InChI=1S/C19H25N5O5S2/c1-3-17-20-21-19(22(17)2)30-13-18(25)23-6-8-24(9-7-23)31(26,27)14-4-5-15-16(12-14)29-11-10-28-15/h4-5,12H,3,6-11,13H2,1-2H3. The van der Waals surface area contributed by atoms with E-state index in [9.17, 15) is 13.2 Å². The zero-order valence-corrected chi connectivity index (χ0v) is 19.1. The fourth-order valence-corrected chi connectivity index (χ4v) is 5.78. The van der Waals surface area contributed by atoms with Crippen LogP contribution in [0.4, 0.5) is 0 Å². The van der Waals surface area contributed by atoms with Crippen molar-refractivity contribution in [2.75, 3.05) is 45.1 Å². The summed E-state index contributed by atoms with van der Waals surface area (Å²) in [4.78, 5) is 14.5. The first-order chi connectivity index (χ1) is 14.9. The van der Waals surface area contributed by atoms with E-state index in [2.05, 4.69) is 10.2 Å². The third-order valence-corrected chi connectivity index (χ3v) is 8.21. The number of amides is 1. The van der Waals surface area contributed by atoms with Gasteiger partial charge in [-0.15, -0.1) is 10.2 Å². The summed E-state index contributed by atoms with van der Waals surface area (Å²) in [6.07, 6.45) is 0.776. The number of nitrogens with zero attached hydrogens (tertiary/aromatic N) is 5. The molecule has 2 aliphatic rings. The first kappa shape index (κ1) is 21.9. The zero-order valence-electron chi connectivity index (χ0n) is 17.5. The van der Waals surface area contributed by atoms with Gasteiger partial charge in [-0.1, -0.05) is 18.7 Å². The van der Waals surface area contributed by atoms with Crippen LogP contribution in [0.2, 0.25) is 0 Å². The van der Waals surface area contributed by atoms with Crippen LogP contribution >= 0.6 is 11.8 Å². The summed E-state index contributed by atoms with van der Waals surface area (Å²) in [5, 5.41) is 8.90. The van der Waals surface area contributed by atoms with Gasteiger partial charge in [0.1, 0.15) is 19.0 Å². The highest BCUT2D eigenvalue weighted by Crippen LogP contribution is 2.33. The fraction of sp³-hybridized carbons (Fsp3) is 0.526. The lowest BCUT2D eigenvalue weighted by Gasteiger charge is -2.34. The van der Waals surface area contributed by atoms with E-state index in [1.54, 1.807) is 11.0 Å². The summed E-state index contributed by atoms with van der Waals surface area (Å²) in [5.41, 5.74) is 0. The number of carbonyl (C=O) groups is 1. The topological polar surface area (TPSA) is 107 Å². The molecule has 2 aliphatic heterocycles. The van der Waals surface area contributed by atoms with Crippen molar-refractivity contribution in [3.05, 3.63) is 24.0 Å². The Morgan fingerprint density at radius 1 is 1.10 bits per heavy atom. The van der Waals surface area contributed by atoms with Crippen LogP contribution in [0.15, 0.2) is 28.3 Å². The first-order valence-corrected chi connectivity index (χ1v) is 12.5. The molecule has 3 heterocycles. The molecule has 168 valence electrons. The molecule has 0 radical (unpaired) electrons. The fourth-order valence-electron chi connectivity index (χ4n) is 3.51. The number of carbonyl (C=O) groups excluding carboxylic acids is 1. The van der Waals surface area contributed by atoms with E-state index in [0.29, 0.717) is 43.0 Å². The summed E-state index contributed by atoms with van der Waals surface area (Å²) < 4.78 is 40.3. The predicted molar refractivity (Wildman–Crippen MR) is 114 cm³/mol. The van der Waals surface area contributed by atoms with E-state index in [4.69, 9.17) is 9.47 Å². The molecule has 31 heavy (non-hydrogen) atoms. The lowest BCUT2D eigenvalue weighted by atomic mass is 10.3. The lowest BCUT2D eigenvalue weighted by molar-refractivity contribution is -0.129. The van der Waals surface area contributed by atoms with Gasteiger partial charge in [0.2, 0.25) is 15.9 Å². The molecule has 1 amide bonds. The third-order valence-electron chi connectivity index (χ3n) is 5.31. The highest BCUT2D eigenvalue weighted by atomic mass is 32.2. The van der Waals surface area contributed by atoms with Crippen molar-refractivity contribution >= 4 is 27.7 Å². The number of piperazine rings is 1. The van der Waals surface area contributed by atoms with Crippen LogP contribution < -0.4 is 9.47 Å². The molecule has 0 N–H and O–H groups in total. The number of aryl methyl sites for hydroxylation is 1. The molecule has 10 nitrogen and oxygen atoms in total. The Morgan fingerprint density at radius 3 is 2.48 bits per heavy atom. The summed E-state index contributed by atoms with van der Waals surface area (Å²) in [6, 6.07) is 4.65. The van der Waals surface area contributed by atoms with Gasteiger partial charge in [-0.2, -0.15) is 4.31 Å². The van der Waals surface area contributed by atoms with Gasteiger partial charge >= 0.3 is 0 Å². The molecule has 1 saturated heterocycles.